The molecule has 7 heteroatoms. The van der Waals surface area contributed by atoms with E-state index in [1.807, 2.05) is 4.90 Å². The number of amides is 2. The first-order valence-corrected chi connectivity index (χ1v) is 10.2. The molecule has 7 nitrogen and oxygen atoms in total. The normalized spacial score (nSPS) is 28.7. The molecule has 0 atom stereocenters. The van der Waals surface area contributed by atoms with Gasteiger partial charge < -0.3 is 25.4 Å². The molecule has 0 aromatic heterocycles. The third-order valence-electron chi connectivity index (χ3n) is 6.16. The van der Waals surface area contributed by atoms with Gasteiger partial charge in [-0.05, 0) is 70.4 Å². The fourth-order valence-corrected chi connectivity index (χ4v) is 4.29. The average Bonchev–Trinajstić information content (AvgIpc) is 2.68. The number of urea groups is 1. The third-order valence-corrected chi connectivity index (χ3v) is 6.16. The predicted molar refractivity (Wildman–Crippen MR) is 98.1 cm³/mol. The molecule has 148 valence electrons. The molecule has 0 spiro atoms. The third kappa shape index (κ3) is 5.58. The Hall–Kier alpha value is -1.34. The van der Waals surface area contributed by atoms with E-state index in [4.69, 9.17) is 9.84 Å². The van der Waals surface area contributed by atoms with Crippen molar-refractivity contribution < 1.29 is 19.4 Å². The maximum absolute atomic E-state index is 12.5. The van der Waals surface area contributed by atoms with E-state index >= 15 is 0 Å². The maximum Gasteiger partial charge on any atom is 0.317 e. The Morgan fingerprint density at radius 1 is 1.00 bits per heavy atom. The molecule has 0 aromatic carbocycles. The highest BCUT2D eigenvalue weighted by atomic mass is 16.5. The predicted octanol–water partition coefficient (Wildman–Crippen LogP) is 1.82. The minimum Gasteiger partial charge on any atom is -0.481 e. The van der Waals surface area contributed by atoms with E-state index in [2.05, 4.69) is 10.6 Å². The Kier molecular flexibility index (Phi) is 7.14. The van der Waals surface area contributed by atoms with Crippen LogP contribution in [0.3, 0.4) is 0 Å². The summed E-state index contributed by atoms with van der Waals surface area (Å²) in [6.07, 6.45) is 7.48. The van der Waals surface area contributed by atoms with Gasteiger partial charge in [-0.2, -0.15) is 0 Å². The SMILES string of the molecule is O=C(N[C@H]1CC[C@H](C(=O)O)CC1)N1CCC(COC2CCNCC2)CC1. The van der Waals surface area contributed by atoms with Crippen molar-refractivity contribution in [3.8, 4) is 0 Å². The number of rotatable bonds is 5. The standard InChI is InChI=1S/C19H33N3O4/c23-18(24)15-1-3-16(4-2-15)21-19(25)22-11-7-14(8-12-22)13-26-17-5-9-20-10-6-17/h14-17,20H,1-13H2,(H,21,25)(H,23,24)/t15-,16-. The zero-order valence-electron chi connectivity index (χ0n) is 15.6. The topological polar surface area (TPSA) is 90.9 Å². The fourth-order valence-electron chi connectivity index (χ4n) is 4.29. The second-order valence-electron chi connectivity index (χ2n) is 8.05. The number of piperidine rings is 2. The van der Waals surface area contributed by atoms with Gasteiger partial charge in [0.05, 0.1) is 12.0 Å². The van der Waals surface area contributed by atoms with Crippen LogP contribution in [0.25, 0.3) is 0 Å². The largest absolute Gasteiger partial charge is 0.481 e. The summed E-state index contributed by atoms with van der Waals surface area (Å²) < 4.78 is 6.06. The van der Waals surface area contributed by atoms with Gasteiger partial charge in [0.15, 0.2) is 0 Å². The highest BCUT2D eigenvalue weighted by molar-refractivity contribution is 5.74. The lowest BCUT2D eigenvalue weighted by Crippen LogP contribution is -2.49. The van der Waals surface area contributed by atoms with E-state index in [-0.39, 0.29) is 18.0 Å². The number of carboxylic acids is 1. The van der Waals surface area contributed by atoms with Crippen molar-refractivity contribution in [3.05, 3.63) is 0 Å². The number of carbonyl (C=O) groups excluding carboxylic acids is 1. The van der Waals surface area contributed by atoms with Crippen molar-refractivity contribution in [3.63, 3.8) is 0 Å². The lowest BCUT2D eigenvalue weighted by Gasteiger charge is -2.35. The first-order valence-electron chi connectivity index (χ1n) is 10.2. The molecule has 2 aliphatic heterocycles. The van der Waals surface area contributed by atoms with Crippen LogP contribution in [-0.4, -0.2) is 66.9 Å². The summed E-state index contributed by atoms with van der Waals surface area (Å²) in [6.45, 7) is 4.50. The lowest BCUT2D eigenvalue weighted by atomic mass is 9.86. The molecular weight excluding hydrogens is 334 g/mol. The van der Waals surface area contributed by atoms with Crippen molar-refractivity contribution in [1.29, 1.82) is 0 Å². The summed E-state index contributed by atoms with van der Waals surface area (Å²) in [6, 6.07) is 0.139. The van der Waals surface area contributed by atoms with Gasteiger partial charge in [-0.25, -0.2) is 4.79 Å². The summed E-state index contributed by atoms with van der Waals surface area (Å²) in [5.41, 5.74) is 0. The second-order valence-corrected chi connectivity index (χ2v) is 8.05. The minimum atomic E-state index is -0.705. The highest BCUT2D eigenvalue weighted by Crippen LogP contribution is 2.25. The molecule has 2 saturated heterocycles. The number of carbonyl (C=O) groups is 2. The number of nitrogens with zero attached hydrogens (tertiary/aromatic N) is 1. The highest BCUT2D eigenvalue weighted by Gasteiger charge is 2.29. The van der Waals surface area contributed by atoms with Crippen molar-refractivity contribution in [2.75, 3.05) is 32.8 Å². The summed E-state index contributed by atoms with van der Waals surface area (Å²) in [7, 11) is 0. The Morgan fingerprint density at radius 3 is 2.27 bits per heavy atom. The van der Waals surface area contributed by atoms with Gasteiger partial charge in [0, 0.05) is 25.7 Å². The van der Waals surface area contributed by atoms with Crippen LogP contribution in [-0.2, 0) is 9.53 Å². The Morgan fingerprint density at radius 2 is 1.65 bits per heavy atom. The number of ether oxygens (including phenoxy) is 1. The monoisotopic (exact) mass is 367 g/mol. The van der Waals surface area contributed by atoms with E-state index in [1.165, 1.54) is 0 Å². The number of carboxylic acid groups (broad SMARTS) is 1. The summed E-state index contributed by atoms with van der Waals surface area (Å²) >= 11 is 0. The number of aliphatic carboxylic acids is 1. The molecule has 0 bridgehead atoms. The van der Waals surface area contributed by atoms with Crippen LogP contribution in [0.4, 0.5) is 4.79 Å². The smallest absolute Gasteiger partial charge is 0.317 e. The van der Waals surface area contributed by atoms with Crippen LogP contribution in [0.5, 0.6) is 0 Å². The first kappa shape index (κ1) is 19.4. The fraction of sp³-hybridized carbons (Fsp3) is 0.895. The molecule has 2 amide bonds. The summed E-state index contributed by atoms with van der Waals surface area (Å²) in [4.78, 5) is 25.4. The molecule has 1 saturated carbocycles. The zero-order chi connectivity index (χ0) is 18.4. The number of likely N-dealkylation sites (tertiary alicyclic amines) is 1. The second kappa shape index (κ2) is 9.55. The van der Waals surface area contributed by atoms with Gasteiger partial charge >= 0.3 is 12.0 Å². The van der Waals surface area contributed by atoms with E-state index in [0.29, 0.717) is 24.9 Å². The first-order chi connectivity index (χ1) is 12.6. The van der Waals surface area contributed by atoms with Crippen LogP contribution < -0.4 is 10.6 Å². The molecule has 3 rings (SSSR count). The van der Waals surface area contributed by atoms with E-state index in [0.717, 1.165) is 71.3 Å². The van der Waals surface area contributed by atoms with Crippen LogP contribution in [0.1, 0.15) is 51.4 Å². The van der Waals surface area contributed by atoms with Crippen LogP contribution in [0.15, 0.2) is 0 Å². The van der Waals surface area contributed by atoms with Gasteiger partial charge in [-0.3, -0.25) is 4.79 Å². The average molecular weight is 367 g/mol. The zero-order valence-corrected chi connectivity index (χ0v) is 15.6. The Balaban J connectivity index is 1.31. The van der Waals surface area contributed by atoms with Crippen molar-refractivity contribution >= 4 is 12.0 Å². The molecule has 0 radical (unpaired) electrons. The van der Waals surface area contributed by atoms with E-state index in [1.54, 1.807) is 0 Å². The van der Waals surface area contributed by atoms with Gasteiger partial charge in [0.25, 0.3) is 0 Å². The molecule has 26 heavy (non-hydrogen) atoms. The van der Waals surface area contributed by atoms with Crippen molar-refractivity contribution in [2.45, 2.75) is 63.5 Å². The number of hydrogen-bond donors (Lipinski definition) is 3. The van der Waals surface area contributed by atoms with Gasteiger partial charge in [0.2, 0.25) is 0 Å². The van der Waals surface area contributed by atoms with Gasteiger partial charge in [-0.1, -0.05) is 0 Å². The number of hydrogen-bond acceptors (Lipinski definition) is 4. The molecular formula is C19H33N3O4. The number of nitrogens with one attached hydrogen (secondary N) is 2. The van der Waals surface area contributed by atoms with Gasteiger partial charge in [0.1, 0.15) is 0 Å². The van der Waals surface area contributed by atoms with E-state index < -0.39 is 5.97 Å². The Bertz CT molecular complexity index is 465. The van der Waals surface area contributed by atoms with Crippen molar-refractivity contribution in [2.24, 2.45) is 11.8 Å². The molecule has 2 heterocycles. The Labute approximate surface area is 155 Å². The van der Waals surface area contributed by atoms with Crippen LogP contribution in [0.2, 0.25) is 0 Å². The van der Waals surface area contributed by atoms with E-state index in [9.17, 15) is 9.59 Å². The summed E-state index contributed by atoms with van der Waals surface area (Å²) in [5.74, 6) is -0.387. The van der Waals surface area contributed by atoms with Crippen molar-refractivity contribution in [1.82, 2.24) is 15.5 Å². The molecule has 0 unspecified atom stereocenters. The van der Waals surface area contributed by atoms with Gasteiger partial charge in [-0.15, -0.1) is 0 Å². The van der Waals surface area contributed by atoms with Crippen LogP contribution in [0, 0.1) is 11.8 Å². The molecule has 3 aliphatic rings. The molecule has 1 aliphatic carbocycles. The molecule has 0 aromatic rings. The summed E-state index contributed by atoms with van der Waals surface area (Å²) in [5, 5.41) is 15.5. The molecule has 3 N–H and O–H groups in total. The molecule has 3 fully saturated rings. The quantitative estimate of drug-likeness (QED) is 0.689. The van der Waals surface area contributed by atoms with Crippen LogP contribution >= 0.6 is 0 Å². The lowest BCUT2D eigenvalue weighted by molar-refractivity contribution is -0.142. The maximum atomic E-state index is 12.5. The minimum absolute atomic E-state index is 0.0153.